The van der Waals surface area contributed by atoms with Crippen LogP contribution in [0.5, 0.6) is 11.5 Å². The third-order valence-electron chi connectivity index (χ3n) is 4.11. The number of nitrogens with two attached hydrogens (primary N) is 1. The van der Waals surface area contributed by atoms with E-state index in [1.807, 2.05) is 24.3 Å². The molecule has 0 aliphatic carbocycles. The number of amides is 1. The van der Waals surface area contributed by atoms with Crippen LogP contribution in [0.25, 0.3) is 0 Å². The van der Waals surface area contributed by atoms with Gasteiger partial charge in [-0.3, -0.25) is 4.79 Å². The van der Waals surface area contributed by atoms with Crippen LogP contribution < -0.4 is 20.6 Å². The Bertz CT molecular complexity index is 1040. The molecule has 0 heterocycles. The Balaban J connectivity index is 1.65. The zero-order valence-electron chi connectivity index (χ0n) is 15.8. The summed E-state index contributed by atoms with van der Waals surface area (Å²) in [6.07, 6.45) is 1.51. The Hall–Kier alpha value is -3.51. The molecule has 0 radical (unpaired) electrons. The summed E-state index contributed by atoms with van der Waals surface area (Å²) in [7, 11) is 1.55. The Morgan fingerprint density at radius 1 is 1.10 bits per heavy atom. The fraction of sp³-hybridized carbons (Fsp3) is 0.0909. The molecule has 0 saturated heterocycles. The number of ether oxygens (including phenoxy) is 2. The molecule has 0 aliphatic heterocycles. The fourth-order valence-electron chi connectivity index (χ4n) is 2.58. The van der Waals surface area contributed by atoms with Crippen LogP contribution in [-0.4, -0.2) is 19.2 Å². The fourth-order valence-corrected chi connectivity index (χ4v) is 2.77. The number of carbonyl (C=O) groups excluding carboxylic acids is 1. The van der Waals surface area contributed by atoms with E-state index in [0.29, 0.717) is 34.4 Å². The summed E-state index contributed by atoms with van der Waals surface area (Å²) in [5.41, 5.74) is 10.6. The van der Waals surface area contributed by atoms with Crippen molar-refractivity contribution in [3.05, 3.63) is 88.4 Å². The first kappa shape index (κ1) is 20.2. The van der Waals surface area contributed by atoms with Gasteiger partial charge >= 0.3 is 0 Å². The van der Waals surface area contributed by atoms with Crippen molar-refractivity contribution in [2.45, 2.75) is 6.61 Å². The minimum absolute atomic E-state index is 0.317. The molecule has 148 valence electrons. The van der Waals surface area contributed by atoms with Crippen LogP contribution in [0.3, 0.4) is 0 Å². The van der Waals surface area contributed by atoms with Crippen molar-refractivity contribution in [3.63, 3.8) is 0 Å². The van der Waals surface area contributed by atoms with E-state index in [2.05, 4.69) is 10.5 Å². The first-order valence-electron chi connectivity index (χ1n) is 8.80. The van der Waals surface area contributed by atoms with Gasteiger partial charge in [-0.15, -0.1) is 0 Å². The zero-order valence-corrected chi connectivity index (χ0v) is 16.5. The third-order valence-corrected chi connectivity index (χ3v) is 4.48. The van der Waals surface area contributed by atoms with E-state index in [9.17, 15) is 4.79 Å². The van der Waals surface area contributed by atoms with E-state index in [1.54, 1.807) is 49.6 Å². The summed E-state index contributed by atoms with van der Waals surface area (Å²) in [6.45, 7) is 0.317. The number of benzene rings is 3. The first-order chi connectivity index (χ1) is 14.1. The number of hydrazone groups is 1. The number of methoxy groups -OCH3 is 1. The SMILES string of the molecule is COc1cc(/C=N\NC(=O)c2ccccc2N)ccc1OCc1ccccc1Cl. The lowest BCUT2D eigenvalue weighted by Gasteiger charge is -2.12. The number of halogens is 1. The summed E-state index contributed by atoms with van der Waals surface area (Å²) in [5.74, 6) is 0.733. The van der Waals surface area contributed by atoms with Gasteiger partial charge in [0.2, 0.25) is 0 Å². The second-order valence-electron chi connectivity index (χ2n) is 6.08. The molecule has 3 rings (SSSR count). The van der Waals surface area contributed by atoms with Gasteiger partial charge in [0.25, 0.3) is 5.91 Å². The summed E-state index contributed by atoms with van der Waals surface area (Å²) in [6, 6.07) is 19.6. The maximum Gasteiger partial charge on any atom is 0.273 e. The van der Waals surface area contributed by atoms with Crippen LogP contribution in [0.4, 0.5) is 5.69 Å². The van der Waals surface area contributed by atoms with Crippen LogP contribution in [0, 0.1) is 0 Å². The molecule has 0 atom stereocenters. The van der Waals surface area contributed by atoms with Crippen molar-refractivity contribution >= 4 is 29.4 Å². The zero-order chi connectivity index (χ0) is 20.6. The number of nitrogen functional groups attached to an aromatic ring is 1. The average molecular weight is 410 g/mol. The molecule has 0 unspecified atom stereocenters. The molecule has 0 bridgehead atoms. The van der Waals surface area contributed by atoms with Crippen LogP contribution >= 0.6 is 11.6 Å². The summed E-state index contributed by atoms with van der Waals surface area (Å²) in [4.78, 5) is 12.1. The molecule has 29 heavy (non-hydrogen) atoms. The lowest BCUT2D eigenvalue weighted by Crippen LogP contribution is -2.19. The van der Waals surface area contributed by atoms with Crippen molar-refractivity contribution in [2.24, 2.45) is 5.10 Å². The van der Waals surface area contributed by atoms with Crippen LogP contribution in [0.1, 0.15) is 21.5 Å². The maximum absolute atomic E-state index is 12.1. The lowest BCUT2D eigenvalue weighted by molar-refractivity contribution is 0.0956. The maximum atomic E-state index is 12.1. The smallest absolute Gasteiger partial charge is 0.273 e. The highest BCUT2D eigenvalue weighted by molar-refractivity contribution is 6.31. The molecule has 0 saturated carbocycles. The van der Waals surface area contributed by atoms with Gasteiger partial charge in [0, 0.05) is 16.3 Å². The normalized spacial score (nSPS) is 10.7. The number of hydrogen-bond donors (Lipinski definition) is 2. The van der Waals surface area contributed by atoms with Gasteiger partial charge in [-0.2, -0.15) is 5.10 Å². The van der Waals surface area contributed by atoms with Gasteiger partial charge in [-0.25, -0.2) is 5.43 Å². The molecule has 3 aromatic carbocycles. The Kier molecular flexibility index (Phi) is 6.71. The number of carbonyl (C=O) groups is 1. The molecule has 6 nitrogen and oxygen atoms in total. The van der Waals surface area contributed by atoms with Crippen molar-refractivity contribution in [1.29, 1.82) is 0 Å². The minimum atomic E-state index is -0.383. The number of rotatable bonds is 7. The molecule has 0 fully saturated rings. The average Bonchev–Trinajstić information content (AvgIpc) is 2.74. The molecule has 0 spiro atoms. The van der Waals surface area contributed by atoms with Gasteiger partial charge in [0.1, 0.15) is 6.61 Å². The number of para-hydroxylation sites is 1. The van der Waals surface area contributed by atoms with Crippen molar-refractivity contribution < 1.29 is 14.3 Å². The van der Waals surface area contributed by atoms with Crippen LogP contribution in [-0.2, 0) is 6.61 Å². The summed E-state index contributed by atoms with van der Waals surface area (Å²) < 4.78 is 11.2. The van der Waals surface area contributed by atoms with Gasteiger partial charge in [0.05, 0.1) is 18.9 Å². The molecule has 0 aromatic heterocycles. The van der Waals surface area contributed by atoms with E-state index in [0.717, 1.165) is 11.1 Å². The predicted octanol–water partition coefficient (Wildman–Crippen LogP) is 4.27. The van der Waals surface area contributed by atoms with Crippen molar-refractivity contribution in [1.82, 2.24) is 5.43 Å². The molecule has 0 aliphatic rings. The Morgan fingerprint density at radius 2 is 1.86 bits per heavy atom. The molecular formula is C22H20ClN3O3. The Morgan fingerprint density at radius 3 is 2.62 bits per heavy atom. The van der Waals surface area contributed by atoms with Crippen LogP contribution in [0.2, 0.25) is 5.02 Å². The molecule has 7 heteroatoms. The van der Waals surface area contributed by atoms with Gasteiger partial charge < -0.3 is 15.2 Å². The highest BCUT2D eigenvalue weighted by Gasteiger charge is 2.09. The Labute approximate surface area is 173 Å². The van der Waals surface area contributed by atoms with E-state index in [1.165, 1.54) is 6.21 Å². The third kappa shape index (κ3) is 5.27. The summed E-state index contributed by atoms with van der Waals surface area (Å²) in [5, 5.41) is 4.62. The van der Waals surface area contributed by atoms with E-state index < -0.39 is 0 Å². The quantitative estimate of drug-likeness (QED) is 0.346. The molecule has 3 N–H and O–H groups in total. The number of anilines is 1. The van der Waals surface area contributed by atoms with Gasteiger partial charge in [-0.1, -0.05) is 41.9 Å². The topological polar surface area (TPSA) is 85.9 Å². The highest BCUT2D eigenvalue weighted by Crippen LogP contribution is 2.29. The van der Waals surface area contributed by atoms with E-state index in [4.69, 9.17) is 26.8 Å². The molecule has 1 amide bonds. The number of nitrogens with zero attached hydrogens (tertiary/aromatic N) is 1. The van der Waals surface area contributed by atoms with Gasteiger partial charge in [0.15, 0.2) is 11.5 Å². The predicted molar refractivity (Wildman–Crippen MR) is 115 cm³/mol. The summed E-state index contributed by atoms with van der Waals surface area (Å²) >= 11 is 6.16. The van der Waals surface area contributed by atoms with Gasteiger partial charge in [-0.05, 0) is 42.0 Å². The second-order valence-corrected chi connectivity index (χ2v) is 6.48. The second kappa shape index (κ2) is 9.61. The lowest BCUT2D eigenvalue weighted by atomic mass is 10.2. The monoisotopic (exact) mass is 409 g/mol. The van der Waals surface area contributed by atoms with E-state index >= 15 is 0 Å². The molecule has 3 aromatic rings. The number of hydrogen-bond acceptors (Lipinski definition) is 5. The van der Waals surface area contributed by atoms with Crippen LogP contribution in [0.15, 0.2) is 71.8 Å². The van der Waals surface area contributed by atoms with Crippen molar-refractivity contribution in [3.8, 4) is 11.5 Å². The largest absolute Gasteiger partial charge is 0.493 e. The van der Waals surface area contributed by atoms with E-state index in [-0.39, 0.29) is 5.91 Å². The first-order valence-corrected chi connectivity index (χ1v) is 9.18. The standard InChI is InChI=1S/C22H20ClN3O3/c1-28-21-12-15(13-25-26-22(27)17-7-3-5-9-19(17)24)10-11-20(21)29-14-16-6-2-4-8-18(16)23/h2-13H,14,24H2,1H3,(H,26,27)/b25-13-. The highest BCUT2D eigenvalue weighted by atomic mass is 35.5. The van der Waals surface area contributed by atoms with Crippen molar-refractivity contribution in [2.75, 3.05) is 12.8 Å². The minimum Gasteiger partial charge on any atom is -0.493 e. The molecular weight excluding hydrogens is 390 g/mol. The number of nitrogens with one attached hydrogen (secondary N) is 1.